The summed E-state index contributed by atoms with van der Waals surface area (Å²) in [6, 6.07) is 17.4. The Bertz CT molecular complexity index is 763. The van der Waals surface area contributed by atoms with E-state index in [9.17, 15) is 14.4 Å². The first-order valence-electron chi connectivity index (χ1n) is 8.53. The maximum Gasteiger partial charge on any atom is 0.319 e. The number of esters is 1. The van der Waals surface area contributed by atoms with Crippen LogP contribution in [0.1, 0.15) is 18.1 Å². The molecular formula is C20H23N3O4. The molecule has 0 aromatic heterocycles. The number of urea groups is 1. The summed E-state index contributed by atoms with van der Waals surface area (Å²) in [6.45, 7) is 0.0924. The Hall–Kier alpha value is -3.35. The lowest BCUT2D eigenvalue weighted by atomic mass is 10.1. The van der Waals surface area contributed by atoms with Gasteiger partial charge in [-0.1, -0.05) is 48.5 Å². The van der Waals surface area contributed by atoms with Crippen molar-refractivity contribution < 1.29 is 19.1 Å². The fourth-order valence-electron chi connectivity index (χ4n) is 2.29. The van der Waals surface area contributed by atoms with E-state index in [0.717, 1.165) is 0 Å². The predicted octanol–water partition coefficient (Wildman–Crippen LogP) is 2.57. The molecule has 3 amide bonds. The Labute approximate surface area is 158 Å². The van der Waals surface area contributed by atoms with Crippen molar-refractivity contribution in [2.24, 2.45) is 0 Å². The van der Waals surface area contributed by atoms with Gasteiger partial charge in [0, 0.05) is 31.9 Å². The lowest BCUT2D eigenvalue weighted by Crippen LogP contribution is -2.33. The molecule has 7 heteroatoms. The van der Waals surface area contributed by atoms with E-state index in [1.165, 1.54) is 4.90 Å². The number of rotatable bonds is 7. The van der Waals surface area contributed by atoms with E-state index in [1.807, 2.05) is 12.1 Å². The van der Waals surface area contributed by atoms with Crippen LogP contribution in [-0.4, -0.2) is 43.4 Å². The zero-order chi connectivity index (χ0) is 19.6. The van der Waals surface area contributed by atoms with Crippen LogP contribution < -0.4 is 10.6 Å². The first kappa shape index (κ1) is 20.0. The Morgan fingerprint density at radius 1 is 0.963 bits per heavy atom. The number of carbonyl (C=O) groups is 3. The number of likely N-dealkylation sites (N-methyl/N-ethyl adjacent to an activating group) is 1. The number of nitrogens with zero attached hydrogens (tertiary/aromatic N) is 1. The van der Waals surface area contributed by atoms with Crippen LogP contribution in [-0.2, 0) is 14.3 Å². The van der Waals surface area contributed by atoms with Crippen molar-refractivity contribution in [1.82, 2.24) is 10.2 Å². The van der Waals surface area contributed by atoms with Crippen molar-refractivity contribution >= 4 is 23.6 Å². The molecule has 142 valence electrons. The van der Waals surface area contributed by atoms with Gasteiger partial charge < -0.3 is 20.3 Å². The van der Waals surface area contributed by atoms with E-state index < -0.39 is 18.1 Å². The molecule has 2 aromatic carbocycles. The van der Waals surface area contributed by atoms with Gasteiger partial charge in [0.2, 0.25) is 6.10 Å². The monoisotopic (exact) mass is 369 g/mol. The molecular weight excluding hydrogens is 346 g/mol. The minimum Gasteiger partial charge on any atom is -0.447 e. The van der Waals surface area contributed by atoms with Crippen LogP contribution in [0.15, 0.2) is 60.7 Å². The quantitative estimate of drug-likeness (QED) is 0.734. The van der Waals surface area contributed by atoms with Crippen molar-refractivity contribution in [2.75, 3.05) is 26.0 Å². The summed E-state index contributed by atoms with van der Waals surface area (Å²) in [5, 5.41) is 5.23. The molecule has 27 heavy (non-hydrogen) atoms. The summed E-state index contributed by atoms with van der Waals surface area (Å²) in [4.78, 5) is 37.6. The summed E-state index contributed by atoms with van der Waals surface area (Å²) in [6.07, 6.45) is -1.06. The molecule has 0 aliphatic carbocycles. The normalized spacial score (nSPS) is 11.2. The maximum absolute atomic E-state index is 12.3. The lowest BCUT2D eigenvalue weighted by Gasteiger charge is -2.21. The van der Waals surface area contributed by atoms with Gasteiger partial charge in [-0.05, 0) is 12.1 Å². The van der Waals surface area contributed by atoms with Crippen LogP contribution in [0.25, 0.3) is 0 Å². The number of nitrogens with one attached hydrogen (secondary N) is 2. The van der Waals surface area contributed by atoms with Gasteiger partial charge in [-0.3, -0.25) is 9.59 Å². The summed E-state index contributed by atoms with van der Waals surface area (Å²) in [5.74, 6) is -0.900. The van der Waals surface area contributed by atoms with E-state index >= 15 is 0 Å². The maximum atomic E-state index is 12.3. The van der Waals surface area contributed by atoms with Gasteiger partial charge in [0.1, 0.15) is 0 Å². The fraction of sp³-hybridized carbons (Fsp3) is 0.250. The van der Waals surface area contributed by atoms with Crippen molar-refractivity contribution in [2.45, 2.75) is 12.5 Å². The zero-order valence-electron chi connectivity index (χ0n) is 15.3. The molecule has 0 aliphatic rings. The van der Waals surface area contributed by atoms with E-state index in [4.69, 9.17) is 4.74 Å². The van der Waals surface area contributed by atoms with Crippen LogP contribution in [0.5, 0.6) is 0 Å². The smallest absolute Gasteiger partial charge is 0.319 e. The first-order valence-corrected chi connectivity index (χ1v) is 8.53. The molecule has 0 aliphatic heterocycles. The zero-order valence-corrected chi connectivity index (χ0v) is 15.3. The highest BCUT2D eigenvalue weighted by molar-refractivity contribution is 5.89. The predicted molar refractivity (Wildman–Crippen MR) is 102 cm³/mol. The minimum absolute atomic E-state index is 0.0494. The molecule has 0 saturated carbocycles. The van der Waals surface area contributed by atoms with Gasteiger partial charge in [0.05, 0.1) is 6.42 Å². The van der Waals surface area contributed by atoms with Crippen molar-refractivity contribution in [3.8, 4) is 0 Å². The van der Waals surface area contributed by atoms with Crippen molar-refractivity contribution in [3.63, 3.8) is 0 Å². The third kappa shape index (κ3) is 6.47. The van der Waals surface area contributed by atoms with Gasteiger partial charge in [-0.15, -0.1) is 0 Å². The average molecular weight is 369 g/mol. The molecule has 2 N–H and O–H groups in total. The third-order valence-corrected chi connectivity index (χ3v) is 3.66. The Kier molecular flexibility index (Phi) is 7.37. The highest BCUT2D eigenvalue weighted by Gasteiger charge is 2.26. The van der Waals surface area contributed by atoms with Crippen LogP contribution >= 0.6 is 0 Å². The van der Waals surface area contributed by atoms with Crippen molar-refractivity contribution in [1.29, 1.82) is 0 Å². The van der Waals surface area contributed by atoms with Gasteiger partial charge in [0.15, 0.2) is 0 Å². The SMILES string of the molecule is CN(C)C(=O)[C@@H](OC(=O)CCNC(=O)Nc1ccccc1)c1ccccc1. The Morgan fingerprint density at radius 2 is 1.56 bits per heavy atom. The van der Waals surface area contributed by atoms with Crippen LogP contribution in [0.4, 0.5) is 10.5 Å². The standard InChI is InChI=1S/C20H23N3O4/c1-23(2)19(25)18(15-9-5-3-6-10-15)27-17(24)13-14-21-20(26)22-16-11-7-4-8-12-16/h3-12,18H,13-14H2,1-2H3,(H2,21,22,26)/t18-/m0/s1. The van der Waals surface area contributed by atoms with E-state index in [2.05, 4.69) is 10.6 Å². The summed E-state index contributed by atoms with van der Waals surface area (Å²) < 4.78 is 5.36. The van der Waals surface area contributed by atoms with Crippen LogP contribution in [0.2, 0.25) is 0 Å². The topological polar surface area (TPSA) is 87.7 Å². The fourth-order valence-corrected chi connectivity index (χ4v) is 2.29. The van der Waals surface area contributed by atoms with Gasteiger partial charge in [-0.2, -0.15) is 0 Å². The number of hydrogen-bond acceptors (Lipinski definition) is 4. The molecule has 0 saturated heterocycles. The second-order valence-corrected chi connectivity index (χ2v) is 6.01. The molecule has 1 atom stereocenters. The summed E-state index contributed by atoms with van der Waals surface area (Å²) in [7, 11) is 3.20. The van der Waals surface area contributed by atoms with E-state index in [1.54, 1.807) is 62.6 Å². The van der Waals surface area contributed by atoms with E-state index in [0.29, 0.717) is 11.3 Å². The van der Waals surface area contributed by atoms with Crippen LogP contribution in [0.3, 0.4) is 0 Å². The van der Waals surface area contributed by atoms with Crippen molar-refractivity contribution in [3.05, 3.63) is 66.2 Å². The van der Waals surface area contributed by atoms with Crippen LogP contribution in [0, 0.1) is 0 Å². The van der Waals surface area contributed by atoms with Gasteiger partial charge in [0.25, 0.3) is 5.91 Å². The second-order valence-electron chi connectivity index (χ2n) is 6.01. The molecule has 7 nitrogen and oxygen atoms in total. The lowest BCUT2D eigenvalue weighted by molar-refractivity contribution is -0.159. The highest BCUT2D eigenvalue weighted by Crippen LogP contribution is 2.20. The number of anilines is 1. The second kappa shape index (κ2) is 9.96. The molecule has 0 heterocycles. The Morgan fingerprint density at radius 3 is 2.15 bits per heavy atom. The first-order chi connectivity index (χ1) is 13.0. The molecule has 2 rings (SSSR count). The van der Waals surface area contributed by atoms with Gasteiger partial charge >= 0.3 is 12.0 Å². The highest BCUT2D eigenvalue weighted by atomic mass is 16.5. The molecule has 0 fully saturated rings. The molecule has 0 unspecified atom stereocenters. The number of ether oxygens (including phenoxy) is 1. The molecule has 2 aromatic rings. The number of hydrogen-bond donors (Lipinski definition) is 2. The molecule has 0 spiro atoms. The third-order valence-electron chi connectivity index (χ3n) is 3.66. The largest absolute Gasteiger partial charge is 0.447 e. The average Bonchev–Trinajstić information content (AvgIpc) is 2.67. The molecule has 0 bridgehead atoms. The number of benzene rings is 2. The molecule has 0 radical (unpaired) electrons. The van der Waals surface area contributed by atoms with Gasteiger partial charge in [-0.25, -0.2) is 4.79 Å². The number of para-hydroxylation sites is 1. The van der Waals surface area contributed by atoms with E-state index in [-0.39, 0.29) is 18.9 Å². The summed E-state index contributed by atoms with van der Waals surface area (Å²) >= 11 is 0. The Balaban J connectivity index is 1.85. The summed E-state index contributed by atoms with van der Waals surface area (Å²) in [5.41, 5.74) is 1.25. The minimum atomic E-state index is -1.01. The number of carbonyl (C=O) groups excluding carboxylic acids is 3. The number of amides is 3.